The molecule has 21 heavy (non-hydrogen) atoms. The molecule has 0 aliphatic carbocycles. The van der Waals surface area contributed by atoms with Gasteiger partial charge in [0.2, 0.25) is 0 Å². The van der Waals surface area contributed by atoms with Gasteiger partial charge < -0.3 is 10.5 Å². The topological polar surface area (TPSA) is 81.4 Å². The van der Waals surface area contributed by atoms with E-state index in [2.05, 4.69) is 4.72 Å². The van der Waals surface area contributed by atoms with Crippen molar-refractivity contribution in [3.8, 4) is 5.75 Å². The number of sulfonamides is 1. The lowest BCUT2D eigenvalue weighted by atomic mass is 10.3. The number of hydrogen-bond donors (Lipinski definition) is 2. The highest BCUT2D eigenvalue weighted by molar-refractivity contribution is 7.92. The summed E-state index contributed by atoms with van der Waals surface area (Å²) in [5.74, 6) is -0.546. The highest BCUT2D eigenvalue weighted by Gasteiger charge is 2.23. The molecular weight excluding hydrogens is 295 g/mol. The fourth-order valence-electron chi connectivity index (χ4n) is 1.84. The highest BCUT2D eigenvalue weighted by Crippen LogP contribution is 2.29. The molecule has 7 heteroatoms. The summed E-state index contributed by atoms with van der Waals surface area (Å²) in [4.78, 5) is -0.573. The van der Waals surface area contributed by atoms with Crippen LogP contribution in [0.5, 0.6) is 5.75 Å². The van der Waals surface area contributed by atoms with Gasteiger partial charge in [0.05, 0.1) is 18.0 Å². The number of nitrogens with two attached hydrogens (primary N) is 1. The number of hydrogen-bond acceptors (Lipinski definition) is 4. The Hall–Kier alpha value is -2.28. The van der Waals surface area contributed by atoms with Crippen molar-refractivity contribution in [2.24, 2.45) is 0 Å². The third-order valence-corrected chi connectivity index (χ3v) is 4.15. The van der Waals surface area contributed by atoms with Crippen molar-refractivity contribution in [1.29, 1.82) is 0 Å². The number of rotatable bonds is 5. The second-order valence-corrected chi connectivity index (χ2v) is 5.81. The molecule has 3 N–H and O–H groups in total. The zero-order valence-electron chi connectivity index (χ0n) is 11.3. The van der Waals surface area contributed by atoms with Crippen LogP contribution in [0.15, 0.2) is 47.4 Å². The van der Waals surface area contributed by atoms with Crippen molar-refractivity contribution in [3.05, 3.63) is 48.3 Å². The van der Waals surface area contributed by atoms with Gasteiger partial charge >= 0.3 is 0 Å². The maximum atomic E-state index is 13.8. The fraction of sp³-hybridized carbons (Fsp3) is 0.143. The van der Waals surface area contributed by atoms with Gasteiger partial charge in [0.25, 0.3) is 10.0 Å². The second-order valence-electron chi connectivity index (χ2n) is 4.19. The molecule has 2 rings (SSSR count). The molecule has 0 amide bonds. The van der Waals surface area contributed by atoms with Crippen LogP contribution in [-0.4, -0.2) is 15.0 Å². The molecule has 0 radical (unpaired) electrons. The van der Waals surface area contributed by atoms with Gasteiger partial charge in [0, 0.05) is 0 Å². The van der Waals surface area contributed by atoms with Crippen molar-refractivity contribution in [1.82, 2.24) is 0 Å². The predicted molar refractivity (Wildman–Crippen MR) is 79.2 cm³/mol. The van der Waals surface area contributed by atoms with Gasteiger partial charge in [-0.1, -0.05) is 18.2 Å². The molecule has 2 aromatic rings. The number of para-hydroxylation sites is 2. The minimum Gasteiger partial charge on any atom is -0.492 e. The van der Waals surface area contributed by atoms with E-state index in [-0.39, 0.29) is 11.4 Å². The third-order valence-electron chi connectivity index (χ3n) is 2.70. The molecule has 0 bridgehead atoms. The summed E-state index contributed by atoms with van der Waals surface area (Å²) in [7, 11) is -4.15. The van der Waals surface area contributed by atoms with E-state index >= 15 is 0 Å². The maximum Gasteiger partial charge on any atom is 0.267 e. The molecule has 112 valence electrons. The molecule has 0 aromatic heterocycles. The molecule has 0 saturated carbocycles. The Kier molecular flexibility index (Phi) is 4.32. The molecule has 2 aromatic carbocycles. The Morgan fingerprint density at radius 2 is 1.90 bits per heavy atom. The SMILES string of the molecule is CCOc1ccccc1NS(=O)(=O)c1c(N)cccc1F. The normalized spacial score (nSPS) is 11.1. The molecule has 0 aliphatic rings. The van der Waals surface area contributed by atoms with Crippen LogP contribution in [0.3, 0.4) is 0 Å². The number of ether oxygens (including phenoxy) is 1. The summed E-state index contributed by atoms with van der Waals surface area (Å²) in [5.41, 5.74) is 5.64. The van der Waals surface area contributed by atoms with Crippen LogP contribution in [-0.2, 0) is 10.0 Å². The first kappa shape index (κ1) is 15.1. The zero-order chi connectivity index (χ0) is 15.5. The van der Waals surface area contributed by atoms with Gasteiger partial charge in [-0.15, -0.1) is 0 Å². The van der Waals surface area contributed by atoms with Gasteiger partial charge in [-0.3, -0.25) is 4.72 Å². The summed E-state index contributed by atoms with van der Waals surface area (Å²) < 4.78 is 46.0. The minimum atomic E-state index is -4.15. The highest BCUT2D eigenvalue weighted by atomic mass is 32.2. The van der Waals surface area contributed by atoms with Crippen LogP contribution in [0.4, 0.5) is 15.8 Å². The van der Waals surface area contributed by atoms with Crippen molar-refractivity contribution >= 4 is 21.4 Å². The van der Waals surface area contributed by atoms with Crippen LogP contribution in [0, 0.1) is 5.82 Å². The summed E-state index contributed by atoms with van der Waals surface area (Å²) in [5, 5.41) is 0. The second kappa shape index (κ2) is 6.01. The molecule has 0 saturated heterocycles. The van der Waals surface area contributed by atoms with Crippen LogP contribution >= 0.6 is 0 Å². The summed E-state index contributed by atoms with van der Waals surface area (Å²) in [6.07, 6.45) is 0. The average Bonchev–Trinajstić information content (AvgIpc) is 2.40. The fourth-order valence-corrected chi connectivity index (χ4v) is 3.10. The Labute approximate surface area is 122 Å². The number of halogens is 1. The predicted octanol–water partition coefficient (Wildman–Crippen LogP) is 2.61. The Balaban J connectivity index is 2.43. The average molecular weight is 310 g/mol. The molecule has 0 atom stereocenters. The van der Waals surface area contributed by atoms with Gasteiger partial charge in [0.15, 0.2) is 0 Å². The van der Waals surface area contributed by atoms with Crippen LogP contribution in [0.25, 0.3) is 0 Å². The Morgan fingerprint density at radius 3 is 2.57 bits per heavy atom. The quantitative estimate of drug-likeness (QED) is 0.832. The first-order valence-electron chi connectivity index (χ1n) is 6.24. The number of benzene rings is 2. The van der Waals surface area contributed by atoms with E-state index in [1.54, 1.807) is 25.1 Å². The summed E-state index contributed by atoms with van der Waals surface area (Å²) in [6, 6.07) is 10.2. The van der Waals surface area contributed by atoms with E-state index < -0.39 is 20.7 Å². The Bertz CT molecular complexity index is 727. The third kappa shape index (κ3) is 3.25. The molecule has 0 heterocycles. The molecule has 0 spiro atoms. The first-order valence-corrected chi connectivity index (χ1v) is 7.72. The zero-order valence-corrected chi connectivity index (χ0v) is 12.2. The lowest BCUT2D eigenvalue weighted by molar-refractivity contribution is 0.342. The van der Waals surface area contributed by atoms with Crippen molar-refractivity contribution in [2.45, 2.75) is 11.8 Å². The van der Waals surface area contributed by atoms with Crippen LogP contribution in [0.1, 0.15) is 6.92 Å². The van der Waals surface area contributed by atoms with Crippen molar-refractivity contribution in [3.63, 3.8) is 0 Å². The lowest BCUT2D eigenvalue weighted by Crippen LogP contribution is -2.17. The van der Waals surface area contributed by atoms with E-state index in [9.17, 15) is 12.8 Å². The van der Waals surface area contributed by atoms with E-state index in [0.29, 0.717) is 12.4 Å². The Morgan fingerprint density at radius 1 is 1.19 bits per heavy atom. The van der Waals surface area contributed by atoms with E-state index in [0.717, 1.165) is 6.07 Å². The molecule has 0 fully saturated rings. The van der Waals surface area contributed by atoms with E-state index in [1.807, 2.05) is 0 Å². The van der Waals surface area contributed by atoms with Gasteiger partial charge in [-0.2, -0.15) is 0 Å². The monoisotopic (exact) mass is 310 g/mol. The van der Waals surface area contributed by atoms with E-state index in [4.69, 9.17) is 10.5 Å². The molecule has 0 unspecified atom stereocenters. The van der Waals surface area contributed by atoms with Crippen LogP contribution in [0.2, 0.25) is 0 Å². The van der Waals surface area contributed by atoms with Crippen LogP contribution < -0.4 is 15.2 Å². The number of anilines is 2. The number of nitrogen functional groups attached to an aromatic ring is 1. The van der Waals surface area contributed by atoms with Crippen molar-refractivity contribution in [2.75, 3.05) is 17.1 Å². The summed E-state index contributed by atoms with van der Waals surface area (Å²) >= 11 is 0. The standard InChI is InChI=1S/C14H15FN2O3S/c1-2-20-13-9-4-3-8-12(13)17-21(18,19)14-10(15)6-5-7-11(14)16/h3-9,17H,2,16H2,1H3. The van der Waals surface area contributed by atoms with Gasteiger partial charge in [-0.25, -0.2) is 12.8 Å². The lowest BCUT2D eigenvalue weighted by Gasteiger charge is -2.14. The molecule has 0 aliphatic heterocycles. The minimum absolute atomic E-state index is 0.156. The largest absolute Gasteiger partial charge is 0.492 e. The smallest absolute Gasteiger partial charge is 0.267 e. The molecular formula is C14H15FN2O3S. The van der Waals surface area contributed by atoms with Crippen molar-refractivity contribution < 1.29 is 17.5 Å². The summed E-state index contributed by atoms with van der Waals surface area (Å²) in [6.45, 7) is 2.15. The van der Waals surface area contributed by atoms with Gasteiger partial charge in [-0.05, 0) is 31.2 Å². The van der Waals surface area contributed by atoms with Gasteiger partial charge in [0.1, 0.15) is 16.5 Å². The van der Waals surface area contributed by atoms with E-state index in [1.165, 1.54) is 18.2 Å². The maximum absolute atomic E-state index is 13.8. The number of nitrogens with one attached hydrogen (secondary N) is 1. The first-order chi connectivity index (χ1) is 9.95. The molecule has 5 nitrogen and oxygen atoms in total.